The molecule has 2 aromatic rings. The topological polar surface area (TPSA) is 55.8 Å². The quantitative estimate of drug-likeness (QED) is 0.739. The molecular formula is C25H23NO4. The van der Waals surface area contributed by atoms with Crippen molar-refractivity contribution in [1.82, 2.24) is 0 Å². The summed E-state index contributed by atoms with van der Waals surface area (Å²) in [7, 11) is 0. The van der Waals surface area contributed by atoms with Crippen LogP contribution in [-0.2, 0) is 20.7 Å². The summed E-state index contributed by atoms with van der Waals surface area (Å²) in [6, 6.07) is 15.3. The summed E-state index contributed by atoms with van der Waals surface area (Å²) >= 11 is 0. The summed E-state index contributed by atoms with van der Waals surface area (Å²) in [5.41, 5.74) is 3.95. The fourth-order valence-corrected chi connectivity index (χ4v) is 5.65. The van der Waals surface area contributed by atoms with E-state index in [0.29, 0.717) is 12.2 Å². The maximum Gasteiger partial charge on any atom is 0.218 e. The van der Waals surface area contributed by atoms with Crippen LogP contribution in [0.4, 0.5) is 5.69 Å². The van der Waals surface area contributed by atoms with E-state index < -0.39 is 12.3 Å². The van der Waals surface area contributed by atoms with Gasteiger partial charge in [0.15, 0.2) is 11.6 Å². The van der Waals surface area contributed by atoms with Crippen molar-refractivity contribution >= 4 is 23.3 Å². The second-order valence-corrected chi connectivity index (χ2v) is 8.52. The van der Waals surface area contributed by atoms with Crippen molar-refractivity contribution in [1.29, 1.82) is 0 Å². The van der Waals surface area contributed by atoms with Gasteiger partial charge in [0.2, 0.25) is 6.29 Å². The van der Waals surface area contributed by atoms with E-state index in [4.69, 9.17) is 9.47 Å². The molecule has 30 heavy (non-hydrogen) atoms. The summed E-state index contributed by atoms with van der Waals surface area (Å²) in [5.74, 6) is -0.522. The molecule has 6 unspecified atom stereocenters. The molecule has 0 amide bonds. The molecule has 0 N–H and O–H groups in total. The van der Waals surface area contributed by atoms with Crippen molar-refractivity contribution in [2.75, 3.05) is 11.5 Å². The van der Waals surface area contributed by atoms with Crippen molar-refractivity contribution in [2.45, 2.75) is 37.8 Å². The molecule has 0 aliphatic carbocycles. The number of rotatable bonds is 3. The third-order valence-corrected chi connectivity index (χ3v) is 7.07. The van der Waals surface area contributed by atoms with E-state index in [9.17, 15) is 9.59 Å². The molecule has 3 fully saturated rings. The minimum Gasteiger partial charge on any atom is -0.353 e. The van der Waals surface area contributed by atoms with Crippen LogP contribution in [0.25, 0.3) is 6.08 Å². The van der Waals surface area contributed by atoms with Crippen LogP contribution in [0, 0.1) is 11.8 Å². The lowest BCUT2D eigenvalue weighted by atomic mass is 9.77. The molecule has 2 bridgehead atoms. The highest BCUT2D eigenvalue weighted by molar-refractivity contribution is 6.05. The smallest absolute Gasteiger partial charge is 0.218 e. The molecular weight excluding hydrogens is 378 g/mol. The summed E-state index contributed by atoms with van der Waals surface area (Å²) in [6.45, 7) is 2.46. The van der Waals surface area contributed by atoms with Gasteiger partial charge in [-0.05, 0) is 23.6 Å². The Kier molecular flexibility index (Phi) is 3.98. The maximum atomic E-state index is 13.9. The Balaban J connectivity index is 1.49. The van der Waals surface area contributed by atoms with Crippen LogP contribution in [0.5, 0.6) is 0 Å². The minimum absolute atomic E-state index is 0.0376. The zero-order valence-corrected chi connectivity index (χ0v) is 16.7. The number of nitrogens with zero attached hydrogens (tertiary/aromatic N) is 1. The van der Waals surface area contributed by atoms with Crippen LogP contribution in [0.15, 0.2) is 54.6 Å². The van der Waals surface area contributed by atoms with Crippen LogP contribution >= 0.6 is 0 Å². The fourth-order valence-electron chi connectivity index (χ4n) is 5.65. The highest BCUT2D eigenvalue weighted by Crippen LogP contribution is 2.50. The van der Waals surface area contributed by atoms with Gasteiger partial charge in [0.25, 0.3) is 0 Å². The second kappa shape index (κ2) is 6.62. The number of ketones is 2. The zero-order chi connectivity index (χ0) is 20.4. The number of fused-ring (bicyclic) bond motifs is 8. The number of hydrogen-bond acceptors (Lipinski definition) is 5. The third-order valence-electron chi connectivity index (χ3n) is 7.07. The SMILES string of the molecule is CCc1ccc(C(=O)C2C3C4COC(O4)C(=O)C3C3C=Cc4ccccc4N32)cc1. The predicted molar refractivity (Wildman–Crippen MR) is 112 cm³/mol. The Morgan fingerprint density at radius 3 is 2.73 bits per heavy atom. The van der Waals surface area contributed by atoms with E-state index in [1.807, 2.05) is 42.5 Å². The van der Waals surface area contributed by atoms with E-state index in [1.54, 1.807) is 0 Å². The zero-order valence-electron chi connectivity index (χ0n) is 16.7. The normalized spacial score (nSPS) is 33.2. The van der Waals surface area contributed by atoms with E-state index in [0.717, 1.165) is 17.7 Å². The third kappa shape index (κ3) is 2.42. The number of ether oxygens (including phenoxy) is 2. The molecule has 152 valence electrons. The molecule has 0 radical (unpaired) electrons. The van der Waals surface area contributed by atoms with Crippen molar-refractivity contribution in [3.8, 4) is 0 Å². The summed E-state index contributed by atoms with van der Waals surface area (Å²) < 4.78 is 11.5. The monoisotopic (exact) mass is 401 g/mol. The van der Waals surface area contributed by atoms with Gasteiger partial charge in [-0.1, -0.05) is 61.5 Å². The van der Waals surface area contributed by atoms with E-state index in [1.165, 1.54) is 5.56 Å². The lowest BCUT2D eigenvalue weighted by Gasteiger charge is -2.35. The van der Waals surface area contributed by atoms with Gasteiger partial charge in [0.05, 0.1) is 30.7 Å². The fraction of sp³-hybridized carbons (Fsp3) is 0.360. The van der Waals surface area contributed by atoms with Crippen LogP contribution < -0.4 is 4.90 Å². The van der Waals surface area contributed by atoms with Crippen molar-refractivity contribution in [2.24, 2.45) is 11.8 Å². The van der Waals surface area contributed by atoms with Gasteiger partial charge in [-0.3, -0.25) is 9.59 Å². The van der Waals surface area contributed by atoms with Crippen LogP contribution in [-0.4, -0.2) is 42.7 Å². The van der Waals surface area contributed by atoms with Gasteiger partial charge in [-0.25, -0.2) is 0 Å². The Hall–Kier alpha value is -2.76. The standard InChI is InChI=1S/C25H23NO4/c1-2-14-7-9-16(10-8-14)23(27)22-21-19-13-29-25(30-19)24(28)20(21)18-12-11-15-5-3-4-6-17(15)26(18)22/h3-12,18-22,25H,2,13H2,1H3. The Morgan fingerprint density at radius 2 is 1.93 bits per heavy atom. The summed E-state index contributed by atoms with van der Waals surface area (Å²) in [6.07, 6.45) is 4.05. The molecule has 0 saturated carbocycles. The summed E-state index contributed by atoms with van der Waals surface area (Å²) in [5, 5.41) is 0. The average molecular weight is 401 g/mol. The maximum absolute atomic E-state index is 13.9. The molecule has 5 nitrogen and oxygen atoms in total. The predicted octanol–water partition coefficient (Wildman–Crippen LogP) is 3.27. The molecule has 4 aliphatic heterocycles. The van der Waals surface area contributed by atoms with E-state index in [-0.39, 0.29) is 35.5 Å². The van der Waals surface area contributed by atoms with E-state index >= 15 is 0 Å². The molecule has 4 heterocycles. The minimum atomic E-state index is -0.790. The Labute approximate surface area is 175 Å². The van der Waals surface area contributed by atoms with Gasteiger partial charge >= 0.3 is 0 Å². The molecule has 6 rings (SSSR count). The molecule has 4 aliphatic rings. The number of aryl methyl sites for hydroxylation is 1. The molecule has 3 saturated heterocycles. The highest BCUT2D eigenvalue weighted by atomic mass is 16.7. The lowest BCUT2D eigenvalue weighted by molar-refractivity contribution is -0.163. The number of Topliss-reactive ketones (excluding diaryl/α,β-unsaturated/α-hetero) is 2. The first-order valence-electron chi connectivity index (χ1n) is 10.7. The molecule has 6 atom stereocenters. The van der Waals surface area contributed by atoms with E-state index in [2.05, 4.69) is 30.0 Å². The van der Waals surface area contributed by atoms with Gasteiger partial charge in [0, 0.05) is 17.2 Å². The van der Waals surface area contributed by atoms with Crippen LogP contribution in [0.3, 0.4) is 0 Å². The first-order chi connectivity index (χ1) is 14.7. The molecule has 0 aromatic heterocycles. The number of carbonyl (C=O) groups is 2. The number of para-hydroxylation sites is 1. The largest absolute Gasteiger partial charge is 0.353 e. The van der Waals surface area contributed by atoms with Crippen molar-refractivity contribution < 1.29 is 19.1 Å². The number of hydrogen-bond donors (Lipinski definition) is 0. The van der Waals surface area contributed by atoms with Gasteiger partial charge in [-0.15, -0.1) is 0 Å². The van der Waals surface area contributed by atoms with Crippen molar-refractivity contribution in [3.63, 3.8) is 0 Å². The Bertz CT molecular complexity index is 1060. The first kappa shape index (κ1) is 18.0. The first-order valence-corrected chi connectivity index (χ1v) is 10.7. The van der Waals surface area contributed by atoms with Gasteiger partial charge in [-0.2, -0.15) is 0 Å². The molecule has 2 aromatic carbocycles. The van der Waals surface area contributed by atoms with Gasteiger partial charge < -0.3 is 14.4 Å². The van der Waals surface area contributed by atoms with Gasteiger partial charge in [0.1, 0.15) is 0 Å². The lowest BCUT2D eigenvalue weighted by Crippen LogP contribution is -2.48. The van der Waals surface area contributed by atoms with Crippen LogP contribution in [0.2, 0.25) is 0 Å². The van der Waals surface area contributed by atoms with Crippen LogP contribution in [0.1, 0.15) is 28.4 Å². The molecule has 5 heteroatoms. The summed E-state index contributed by atoms with van der Waals surface area (Å²) in [4.78, 5) is 29.2. The second-order valence-electron chi connectivity index (χ2n) is 8.52. The number of carbonyl (C=O) groups excluding carboxylic acids is 2. The Morgan fingerprint density at radius 1 is 1.13 bits per heavy atom. The average Bonchev–Trinajstić information content (AvgIpc) is 3.38. The highest BCUT2D eigenvalue weighted by Gasteiger charge is 2.63. The number of benzene rings is 2. The van der Waals surface area contributed by atoms with Crippen molar-refractivity contribution in [3.05, 3.63) is 71.3 Å². The number of anilines is 1. The molecule has 0 spiro atoms.